The van der Waals surface area contributed by atoms with E-state index < -0.39 is 0 Å². The Morgan fingerprint density at radius 2 is 2.36 bits per heavy atom. The second-order valence-electron chi connectivity index (χ2n) is 5.88. The van der Waals surface area contributed by atoms with Crippen molar-refractivity contribution in [3.8, 4) is 5.75 Å². The van der Waals surface area contributed by atoms with E-state index in [0.717, 1.165) is 34.3 Å². The number of carbonyl (C=O) groups excluding carboxylic acids is 1. The molecule has 1 amide bonds. The molecule has 2 aliphatic rings. The topological polar surface area (TPSA) is 61.8 Å². The monoisotopic (exact) mass is 416 g/mol. The van der Waals surface area contributed by atoms with Gasteiger partial charge in [0.05, 0.1) is 18.3 Å². The molecule has 22 heavy (non-hydrogen) atoms. The number of carbonyl (C=O) groups is 1. The molecule has 0 aliphatic carbocycles. The summed E-state index contributed by atoms with van der Waals surface area (Å²) in [6.45, 7) is 4.86. The number of likely N-dealkylation sites (N-methyl/N-ethyl adjacent to an activating group) is 1. The van der Waals surface area contributed by atoms with Gasteiger partial charge in [-0.15, -0.1) is 0 Å². The van der Waals surface area contributed by atoms with E-state index in [0.29, 0.717) is 25.3 Å². The molecule has 1 saturated heterocycles. The van der Waals surface area contributed by atoms with Crippen LogP contribution in [0.3, 0.4) is 0 Å². The Kier molecular flexibility index (Phi) is 4.89. The first-order chi connectivity index (χ1) is 10.6. The molecule has 0 radical (unpaired) electrons. The van der Waals surface area contributed by atoms with E-state index >= 15 is 0 Å². The third kappa shape index (κ3) is 3.23. The molecular weight excluding hydrogens is 395 g/mol. The number of nitrogens with one attached hydrogen (secondary N) is 1. The Hall–Kier alpha value is -0.860. The molecule has 2 aliphatic heterocycles. The van der Waals surface area contributed by atoms with Crippen LogP contribution >= 0.6 is 22.6 Å². The number of ether oxygens (including phenoxy) is 1. The first-order valence-corrected chi connectivity index (χ1v) is 8.82. The summed E-state index contributed by atoms with van der Waals surface area (Å²) in [4.78, 5) is 14.7. The Bertz CT molecular complexity index is 579. The van der Waals surface area contributed by atoms with Crippen LogP contribution in [0.1, 0.15) is 29.3 Å². The zero-order valence-corrected chi connectivity index (χ0v) is 14.8. The van der Waals surface area contributed by atoms with Gasteiger partial charge in [0.1, 0.15) is 5.75 Å². The van der Waals surface area contributed by atoms with Gasteiger partial charge in [-0.3, -0.25) is 9.69 Å². The van der Waals surface area contributed by atoms with Crippen LogP contribution in [0.15, 0.2) is 12.1 Å². The summed E-state index contributed by atoms with van der Waals surface area (Å²) in [6, 6.07) is 4.16. The van der Waals surface area contributed by atoms with Crippen molar-refractivity contribution >= 4 is 28.5 Å². The quantitative estimate of drug-likeness (QED) is 0.729. The zero-order valence-electron chi connectivity index (χ0n) is 12.6. The average Bonchev–Trinajstić information content (AvgIpc) is 3.09. The minimum Gasteiger partial charge on any atom is -0.492 e. The Morgan fingerprint density at radius 3 is 3.14 bits per heavy atom. The van der Waals surface area contributed by atoms with Gasteiger partial charge in [0.15, 0.2) is 0 Å². The number of fused-ring (bicyclic) bond motifs is 1. The maximum Gasteiger partial charge on any atom is 0.255 e. The fraction of sp³-hybridized carbons (Fsp3) is 0.562. The summed E-state index contributed by atoms with van der Waals surface area (Å²) in [5.74, 6) is 0.644. The summed E-state index contributed by atoms with van der Waals surface area (Å²) < 4.78 is 6.68. The highest BCUT2D eigenvalue weighted by molar-refractivity contribution is 14.1. The van der Waals surface area contributed by atoms with Crippen LogP contribution in [-0.2, 0) is 6.42 Å². The van der Waals surface area contributed by atoms with Crippen molar-refractivity contribution in [3.63, 3.8) is 0 Å². The fourth-order valence-corrected chi connectivity index (χ4v) is 3.99. The van der Waals surface area contributed by atoms with Crippen LogP contribution < -0.4 is 10.1 Å². The summed E-state index contributed by atoms with van der Waals surface area (Å²) in [5.41, 5.74) is 1.74. The van der Waals surface area contributed by atoms with Crippen LogP contribution in [0, 0.1) is 3.57 Å². The van der Waals surface area contributed by atoms with Crippen molar-refractivity contribution in [2.24, 2.45) is 0 Å². The van der Waals surface area contributed by atoms with E-state index in [4.69, 9.17) is 4.74 Å². The van der Waals surface area contributed by atoms with Crippen LogP contribution in [0.2, 0.25) is 0 Å². The third-order valence-electron chi connectivity index (χ3n) is 4.40. The lowest BCUT2D eigenvalue weighted by Crippen LogP contribution is -2.40. The lowest BCUT2D eigenvalue weighted by Gasteiger charge is -2.22. The molecule has 3 rings (SSSR count). The van der Waals surface area contributed by atoms with Gasteiger partial charge in [0, 0.05) is 29.1 Å². The molecule has 2 heterocycles. The zero-order chi connectivity index (χ0) is 15.7. The van der Waals surface area contributed by atoms with Crippen molar-refractivity contribution in [2.75, 3.05) is 26.2 Å². The van der Waals surface area contributed by atoms with Crippen LogP contribution in [0.4, 0.5) is 0 Å². The van der Waals surface area contributed by atoms with E-state index in [1.807, 2.05) is 6.07 Å². The molecule has 0 spiro atoms. The van der Waals surface area contributed by atoms with E-state index in [1.165, 1.54) is 0 Å². The van der Waals surface area contributed by atoms with Gasteiger partial charge >= 0.3 is 0 Å². The first-order valence-electron chi connectivity index (χ1n) is 7.74. The molecule has 0 aromatic heterocycles. The Labute approximate surface area is 144 Å². The number of aliphatic hydroxyl groups excluding tert-OH is 1. The van der Waals surface area contributed by atoms with Gasteiger partial charge in [-0.1, -0.05) is 6.92 Å². The number of benzene rings is 1. The van der Waals surface area contributed by atoms with E-state index in [-0.39, 0.29) is 18.1 Å². The molecule has 5 nitrogen and oxygen atoms in total. The van der Waals surface area contributed by atoms with Crippen LogP contribution in [0.5, 0.6) is 5.75 Å². The molecule has 2 atom stereocenters. The minimum absolute atomic E-state index is 0.0888. The number of amides is 1. The molecule has 1 fully saturated rings. The maximum absolute atomic E-state index is 12.5. The second-order valence-corrected chi connectivity index (χ2v) is 7.13. The number of likely N-dealkylation sites (tertiary alicyclic amines) is 1. The fourth-order valence-electron chi connectivity index (χ4n) is 3.30. The van der Waals surface area contributed by atoms with Crippen molar-refractivity contribution in [1.82, 2.24) is 10.2 Å². The Balaban J connectivity index is 1.68. The third-order valence-corrected chi connectivity index (χ3v) is 5.03. The number of hydrogen-bond acceptors (Lipinski definition) is 4. The van der Waals surface area contributed by atoms with Crippen molar-refractivity contribution in [1.29, 1.82) is 0 Å². The first kappa shape index (κ1) is 16.0. The summed E-state index contributed by atoms with van der Waals surface area (Å²) in [6.07, 6.45) is 1.30. The minimum atomic E-state index is -0.285. The van der Waals surface area contributed by atoms with Gasteiger partial charge in [-0.05, 0) is 53.3 Å². The average molecular weight is 416 g/mol. The highest BCUT2D eigenvalue weighted by Gasteiger charge is 2.30. The maximum atomic E-state index is 12.5. The SMILES string of the molecule is CCN1C[C@H](O)C[C@H]1CNC(=O)c1cc(I)cc2c1OCC2. The predicted octanol–water partition coefficient (Wildman–Crippen LogP) is 1.41. The van der Waals surface area contributed by atoms with Gasteiger partial charge < -0.3 is 15.2 Å². The molecular formula is C16H21IN2O3. The second kappa shape index (κ2) is 6.72. The lowest BCUT2D eigenvalue weighted by atomic mass is 10.1. The molecule has 2 N–H and O–H groups in total. The van der Waals surface area contributed by atoms with E-state index in [1.54, 1.807) is 0 Å². The van der Waals surface area contributed by atoms with Gasteiger partial charge in [0.25, 0.3) is 5.91 Å². The van der Waals surface area contributed by atoms with Gasteiger partial charge in [0.2, 0.25) is 0 Å². The number of aliphatic hydroxyl groups is 1. The largest absolute Gasteiger partial charge is 0.492 e. The van der Waals surface area contributed by atoms with Crippen molar-refractivity contribution in [3.05, 3.63) is 26.8 Å². The molecule has 0 saturated carbocycles. The van der Waals surface area contributed by atoms with E-state index in [9.17, 15) is 9.90 Å². The molecule has 120 valence electrons. The summed E-state index contributed by atoms with van der Waals surface area (Å²) >= 11 is 2.23. The summed E-state index contributed by atoms with van der Waals surface area (Å²) in [5, 5.41) is 12.8. The van der Waals surface area contributed by atoms with E-state index in [2.05, 4.69) is 45.8 Å². The molecule has 0 bridgehead atoms. The lowest BCUT2D eigenvalue weighted by molar-refractivity contribution is 0.0938. The molecule has 1 aromatic rings. The van der Waals surface area contributed by atoms with Crippen molar-refractivity contribution in [2.45, 2.75) is 31.9 Å². The molecule has 1 aromatic carbocycles. The number of β-amino-alcohol motifs (C(OH)–C–C–N with tert-alkyl or cyclic N) is 1. The smallest absolute Gasteiger partial charge is 0.255 e. The Morgan fingerprint density at radius 1 is 1.55 bits per heavy atom. The molecule has 6 heteroatoms. The van der Waals surface area contributed by atoms with Crippen molar-refractivity contribution < 1.29 is 14.6 Å². The highest BCUT2D eigenvalue weighted by atomic mass is 127. The molecule has 0 unspecified atom stereocenters. The highest BCUT2D eigenvalue weighted by Crippen LogP contribution is 2.31. The number of hydrogen-bond donors (Lipinski definition) is 2. The van der Waals surface area contributed by atoms with Gasteiger partial charge in [-0.25, -0.2) is 0 Å². The normalized spacial score (nSPS) is 24.1. The van der Waals surface area contributed by atoms with Crippen LogP contribution in [0.25, 0.3) is 0 Å². The standard InChI is InChI=1S/C16H21IN2O3/c1-2-19-9-13(20)7-12(19)8-18-16(21)14-6-11(17)5-10-3-4-22-15(10)14/h5-6,12-13,20H,2-4,7-9H2,1H3,(H,18,21)/t12-,13+/m0/s1. The number of rotatable bonds is 4. The van der Waals surface area contributed by atoms with Gasteiger partial charge in [-0.2, -0.15) is 0 Å². The number of nitrogens with zero attached hydrogens (tertiary/aromatic N) is 1. The summed E-state index contributed by atoms with van der Waals surface area (Å²) in [7, 11) is 0. The number of halogens is 1. The predicted molar refractivity (Wildman–Crippen MR) is 92.4 cm³/mol. The van der Waals surface area contributed by atoms with Crippen LogP contribution in [-0.4, -0.2) is 54.3 Å².